The third kappa shape index (κ3) is 4.83. The summed E-state index contributed by atoms with van der Waals surface area (Å²) in [5, 5.41) is 4.38. The SMILES string of the molecule is CS(=O)(=O)c1ccc(CN2CCC3(CC2)CN(Cc2ccsc2)CCO3)cc1. The molecule has 0 bridgehead atoms. The molecular weight excluding hydrogens is 392 g/mol. The average Bonchev–Trinajstić information content (AvgIpc) is 3.17. The van der Waals surface area contributed by atoms with Crippen LogP contribution in [0.2, 0.25) is 0 Å². The Morgan fingerprint density at radius 1 is 1.00 bits per heavy atom. The molecule has 0 unspecified atom stereocenters. The van der Waals surface area contributed by atoms with Crippen LogP contribution in [0.4, 0.5) is 0 Å². The number of benzene rings is 1. The van der Waals surface area contributed by atoms with Crippen molar-refractivity contribution in [3.05, 3.63) is 52.2 Å². The van der Waals surface area contributed by atoms with Crippen LogP contribution in [0.1, 0.15) is 24.0 Å². The molecule has 0 saturated carbocycles. The summed E-state index contributed by atoms with van der Waals surface area (Å²) in [5.41, 5.74) is 2.55. The maximum atomic E-state index is 11.6. The van der Waals surface area contributed by atoms with Crippen LogP contribution in [0, 0.1) is 0 Å². The summed E-state index contributed by atoms with van der Waals surface area (Å²) < 4.78 is 29.5. The van der Waals surface area contributed by atoms with E-state index in [4.69, 9.17) is 4.74 Å². The van der Waals surface area contributed by atoms with E-state index in [1.807, 2.05) is 12.1 Å². The van der Waals surface area contributed by atoms with Gasteiger partial charge in [-0.2, -0.15) is 11.3 Å². The van der Waals surface area contributed by atoms with Gasteiger partial charge < -0.3 is 4.74 Å². The maximum absolute atomic E-state index is 11.6. The number of rotatable bonds is 5. The molecule has 0 aliphatic carbocycles. The Balaban J connectivity index is 1.31. The van der Waals surface area contributed by atoms with Gasteiger partial charge in [-0.25, -0.2) is 8.42 Å². The highest BCUT2D eigenvalue weighted by molar-refractivity contribution is 7.90. The van der Waals surface area contributed by atoms with Crippen molar-refractivity contribution >= 4 is 21.2 Å². The number of thiophene rings is 1. The van der Waals surface area contributed by atoms with Crippen LogP contribution in [-0.4, -0.2) is 62.9 Å². The number of ether oxygens (including phenoxy) is 1. The largest absolute Gasteiger partial charge is 0.372 e. The van der Waals surface area contributed by atoms with Gasteiger partial charge in [-0.05, 0) is 52.9 Å². The summed E-state index contributed by atoms with van der Waals surface area (Å²) >= 11 is 1.76. The van der Waals surface area contributed by atoms with Gasteiger partial charge in [-0.1, -0.05) is 12.1 Å². The van der Waals surface area contributed by atoms with Crippen LogP contribution in [0.3, 0.4) is 0 Å². The minimum absolute atomic E-state index is 0.00901. The summed E-state index contributed by atoms with van der Waals surface area (Å²) in [6.45, 7) is 6.74. The topological polar surface area (TPSA) is 49.9 Å². The first kappa shape index (κ1) is 20.0. The molecule has 1 spiro atoms. The number of hydrogen-bond donors (Lipinski definition) is 0. The molecule has 0 radical (unpaired) electrons. The molecule has 1 aromatic heterocycles. The number of sulfone groups is 1. The molecule has 3 heterocycles. The van der Waals surface area contributed by atoms with E-state index in [2.05, 4.69) is 26.6 Å². The first-order valence-corrected chi connectivity index (χ1v) is 12.6. The fraction of sp³-hybridized carbons (Fsp3) is 0.524. The van der Waals surface area contributed by atoms with Crippen molar-refractivity contribution in [2.24, 2.45) is 0 Å². The molecule has 2 aliphatic rings. The van der Waals surface area contributed by atoms with Crippen molar-refractivity contribution < 1.29 is 13.2 Å². The van der Waals surface area contributed by atoms with Gasteiger partial charge in [-0.15, -0.1) is 0 Å². The van der Waals surface area contributed by atoms with E-state index in [-0.39, 0.29) is 5.60 Å². The zero-order chi connectivity index (χ0) is 19.6. The van der Waals surface area contributed by atoms with E-state index in [0.29, 0.717) is 4.90 Å². The number of hydrogen-bond acceptors (Lipinski definition) is 6. The lowest BCUT2D eigenvalue weighted by atomic mass is 9.89. The van der Waals surface area contributed by atoms with Gasteiger partial charge in [0.05, 0.1) is 17.1 Å². The summed E-state index contributed by atoms with van der Waals surface area (Å²) in [4.78, 5) is 5.36. The number of morpholine rings is 1. The van der Waals surface area contributed by atoms with Gasteiger partial charge in [0, 0.05) is 45.5 Å². The van der Waals surface area contributed by atoms with Gasteiger partial charge in [0.25, 0.3) is 0 Å². The highest BCUT2D eigenvalue weighted by atomic mass is 32.2. The van der Waals surface area contributed by atoms with Crippen molar-refractivity contribution in [1.29, 1.82) is 0 Å². The van der Waals surface area contributed by atoms with E-state index in [9.17, 15) is 8.42 Å². The second-order valence-electron chi connectivity index (χ2n) is 8.07. The van der Waals surface area contributed by atoms with Crippen LogP contribution in [0.15, 0.2) is 46.0 Å². The molecule has 2 aromatic rings. The second-order valence-corrected chi connectivity index (χ2v) is 10.9. The molecule has 0 amide bonds. The highest BCUT2D eigenvalue weighted by Gasteiger charge is 2.39. The fourth-order valence-corrected chi connectivity index (χ4v) is 5.51. The van der Waals surface area contributed by atoms with Crippen molar-refractivity contribution in [1.82, 2.24) is 9.80 Å². The number of nitrogens with zero attached hydrogens (tertiary/aromatic N) is 2. The lowest BCUT2D eigenvalue weighted by Gasteiger charge is -2.47. The van der Waals surface area contributed by atoms with Crippen LogP contribution >= 0.6 is 11.3 Å². The number of likely N-dealkylation sites (tertiary alicyclic amines) is 1. The predicted molar refractivity (Wildman–Crippen MR) is 112 cm³/mol. The molecule has 2 aliphatic heterocycles. The summed E-state index contributed by atoms with van der Waals surface area (Å²) in [7, 11) is -3.13. The Hall–Kier alpha value is -1.25. The lowest BCUT2D eigenvalue weighted by molar-refractivity contribution is -0.138. The normalized spacial score (nSPS) is 21.2. The standard InChI is InChI=1S/C21H28N2O3S2/c1-28(24,25)20-4-2-18(3-5-20)14-22-9-7-21(8-10-22)17-23(11-12-26-21)15-19-6-13-27-16-19/h2-6,13,16H,7-12,14-15,17H2,1H3. The third-order valence-electron chi connectivity index (χ3n) is 5.84. The van der Waals surface area contributed by atoms with Crippen LogP contribution in [0.5, 0.6) is 0 Å². The minimum Gasteiger partial charge on any atom is -0.372 e. The van der Waals surface area contributed by atoms with E-state index in [1.165, 1.54) is 11.8 Å². The van der Waals surface area contributed by atoms with Crippen LogP contribution < -0.4 is 0 Å². The average molecular weight is 421 g/mol. The minimum atomic E-state index is -3.13. The Morgan fingerprint density at radius 2 is 1.71 bits per heavy atom. The van der Waals surface area contributed by atoms with Crippen LogP contribution in [-0.2, 0) is 27.7 Å². The first-order chi connectivity index (χ1) is 13.4. The predicted octanol–water partition coefficient (Wildman–Crippen LogP) is 3.02. The molecule has 0 N–H and O–H groups in total. The fourth-order valence-electron chi connectivity index (χ4n) is 4.22. The monoisotopic (exact) mass is 420 g/mol. The molecule has 152 valence electrons. The zero-order valence-corrected chi connectivity index (χ0v) is 18.0. The molecule has 28 heavy (non-hydrogen) atoms. The highest BCUT2D eigenvalue weighted by Crippen LogP contribution is 2.31. The van der Waals surface area contributed by atoms with E-state index < -0.39 is 9.84 Å². The molecule has 4 rings (SSSR count). The molecule has 5 nitrogen and oxygen atoms in total. The molecule has 2 fully saturated rings. The smallest absolute Gasteiger partial charge is 0.175 e. The zero-order valence-electron chi connectivity index (χ0n) is 16.3. The van der Waals surface area contributed by atoms with Gasteiger partial charge in [0.15, 0.2) is 9.84 Å². The van der Waals surface area contributed by atoms with Crippen molar-refractivity contribution in [3.63, 3.8) is 0 Å². The molecular formula is C21H28N2O3S2. The Bertz CT molecular complexity index is 871. The van der Waals surface area contributed by atoms with Crippen molar-refractivity contribution in [2.75, 3.05) is 39.0 Å². The van der Waals surface area contributed by atoms with E-state index in [0.717, 1.165) is 64.3 Å². The molecule has 2 saturated heterocycles. The van der Waals surface area contributed by atoms with Crippen molar-refractivity contribution in [3.8, 4) is 0 Å². The Labute approximate surface area is 171 Å². The Morgan fingerprint density at radius 3 is 2.36 bits per heavy atom. The first-order valence-electron chi connectivity index (χ1n) is 9.81. The van der Waals surface area contributed by atoms with E-state index in [1.54, 1.807) is 23.5 Å². The van der Waals surface area contributed by atoms with Gasteiger partial charge in [0.1, 0.15) is 0 Å². The molecule has 7 heteroatoms. The van der Waals surface area contributed by atoms with Gasteiger partial charge >= 0.3 is 0 Å². The lowest BCUT2D eigenvalue weighted by Crippen LogP contribution is -2.56. The van der Waals surface area contributed by atoms with Gasteiger partial charge in [-0.3, -0.25) is 9.80 Å². The Kier molecular flexibility index (Phi) is 5.90. The molecule has 1 aromatic carbocycles. The summed E-state index contributed by atoms with van der Waals surface area (Å²) in [6, 6.07) is 9.50. The quantitative estimate of drug-likeness (QED) is 0.744. The third-order valence-corrected chi connectivity index (χ3v) is 7.70. The second kappa shape index (κ2) is 8.24. The van der Waals surface area contributed by atoms with Gasteiger partial charge in [0.2, 0.25) is 0 Å². The summed E-state index contributed by atoms with van der Waals surface area (Å²) in [5.74, 6) is 0. The maximum Gasteiger partial charge on any atom is 0.175 e. The van der Waals surface area contributed by atoms with E-state index >= 15 is 0 Å². The number of piperidine rings is 1. The van der Waals surface area contributed by atoms with Crippen LogP contribution in [0.25, 0.3) is 0 Å². The van der Waals surface area contributed by atoms with Crippen molar-refractivity contribution in [2.45, 2.75) is 36.4 Å². The summed E-state index contributed by atoms with van der Waals surface area (Å²) in [6.07, 6.45) is 3.35. The molecule has 0 atom stereocenters.